The van der Waals surface area contributed by atoms with Crippen LogP contribution >= 0.6 is 0 Å². The third-order valence-corrected chi connectivity index (χ3v) is 5.43. The normalized spacial score (nSPS) is 17.8. The maximum Gasteiger partial charge on any atom is 0.247 e. The smallest absolute Gasteiger partial charge is 0.247 e. The first-order valence-corrected chi connectivity index (χ1v) is 11.4. The molecule has 1 atom stereocenters. The number of aromatic nitrogens is 1. The zero-order valence-corrected chi connectivity index (χ0v) is 15.8. The van der Waals surface area contributed by atoms with Crippen LogP contribution in [0, 0.1) is 0 Å². The van der Waals surface area contributed by atoms with Crippen LogP contribution in [0.2, 0.25) is 0 Å². The highest BCUT2D eigenvalue weighted by Gasteiger charge is 2.34. The molecule has 0 saturated carbocycles. The highest BCUT2D eigenvalue weighted by molar-refractivity contribution is 7.92. The summed E-state index contributed by atoms with van der Waals surface area (Å²) < 4.78 is 50.3. The lowest BCUT2D eigenvalue weighted by Crippen LogP contribution is -2.25. The van der Waals surface area contributed by atoms with E-state index in [4.69, 9.17) is 0 Å². The lowest BCUT2D eigenvalue weighted by molar-refractivity contribution is 0.374. The molecule has 2 heterocycles. The second-order valence-corrected chi connectivity index (χ2v) is 9.63. The maximum atomic E-state index is 12.1. The van der Waals surface area contributed by atoms with Crippen LogP contribution in [0.3, 0.4) is 0 Å². The zero-order chi connectivity index (χ0) is 18.9. The molecule has 2 aromatic rings. The number of hydrogen-bond acceptors (Lipinski definition) is 6. The molecule has 0 spiro atoms. The molecule has 1 aromatic carbocycles. The molecule has 3 rings (SSSR count). The van der Waals surface area contributed by atoms with E-state index in [1.807, 2.05) is 6.07 Å². The highest BCUT2D eigenvalue weighted by atomic mass is 32.2. The summed E-state index contributed by atoms with van der Waals surface area (Å²) >= 11 is 0. The largest absolute Gasteiger partial charge is 0.284 e. The number of nitrogens with one attached hydrogen (secondary N) is 1. The topological polar surface area (TPSA) is 109 Å². The Morgan fingerprint density at radius 1 is 1.08 bits per heavy atom. The Hall–Kier alpha value is -2.46. The first kappa shape index (κ1) is 18.3. The van der Waals surface area contributed by atoms with Gasteiger partial charge >= 0.3 is 0 Å². The molecule has 0 bridgehead atoms. The van der Waals surface area contributed by atoms with Gasteiger partial charge in [-0.1, -0.05) is 18.2 Å². The van der Waals surface area contributed by atoms with Gasteiger partial charge in [0, 0.05) is 24.5 Å². The summed E-state index contributed by atoms with van der Waals surface area (Å²) in [6.45, 7) is 0. The van der Waals surface area contributed by atoms with Crippen LogP contribution in [0.5, 0.6) is 0 Å². The standard InChI is InChI=1S/C16H18N4O4S2/c1-25(21,22)19-14-7-5-12(6-8-14)15-10-16(13-4-3-9-17-11-13)20(18-15)26(2,23)24/h3-9,11,16,19H,10H2,1-2H3. The van der Waals surface area contributed by atoms with Crippen molar-refractivity contribution in [3.8, 4) is 0 Å². The van der Waals surface area contributed by atoms with Gasteiger partial charge in [0.1, 0.15) is 0 Å². The lowest BCUT2D eigenvalue weighted by Gasteiger charge is -2.20. The second-order valence-electron chi connectivity index (χ2n) is 6.04. The number of hydrogen-bond donors (Lipinski definition) is 1. The lowest BCUT2D eigenvalue weighted by atomic mass is 10.0. The van der Waals surface area contributed by atoms with E-state index in [0.29, 0.717) is 17.8 Å². The van der Waals surface area contributed by atoms with Crippen molar-refractivity contribution in [1.82, 2.24) is 9.40 Å². The summed E-state index contributed by atoms with van der Waals surface area (Å²) in [5, 5.41) is 4.29. The molecule has 1 aliphatic heterocycles. The third-order valence-electron chi connectivity index (χ3n) is 3.80. The van der Waals surface area contributed by atoms with Crippen LogP contribution in [0.1, 0.15) is 23.6 Å². The molecule has 0 saturated heterocycles. The Kier molecular flexibility index (Phi) is 4.72. The molecule has 138 valence electrons. The van der Waals surface area contributed by atoms with Gasteiger partial charge in [-0.05, 0) is 29.3 Å². The summed E-state index contributed by atoms with van der Waals surface area (Å²) in [6.07, 6.45) is 5.84. The third kappa shape index (κ3) is 4.20. The molecule has 10 heteroatoms. The predicted molar refractivity (Wildman–Crippen MR) is 99.7 cm³/mol. The van der Waals surface area contributed by atoms with Gasteiger partial charge in [-0.25, -0.2) is 16.8 Å². The Bertz CT molecular complexity index is 1030. The van der Waals surface area contributed by atoms with Crippen LogP contribution in [0.4, 0.5) is 5.69 Å². The van der Waals surface area contributed by atoms with Crippen LogP contribution < -0.4 is 4.72 Å². The molecule has 1 N–H and O–H groups in total. The minimum Gasteiger partial charge on any atom is -0.284 e. The number of sulfonamides is 2. The average Bonchev–Trinajstić information content (AvgIpc) is 3.00. The molecule has 1 unspecified atom stereocenters. The van der Waals surface area contributed by atoms with Gasteiger partial charge < -0.3 is 0 Å². The van der Waals surface area contributed by atoms with Gasteiger partial charge in [-0.3, -0.25) is 9.71 Å². The monoisotopic (exact) mass is 394 g/mol. The number of nitrogens with zero attached hydrogens (tertiary/aromatic N) is 3. The van der Waals surface area contributed by atoms with E-state index in [1.165, 1.54) is 0 Å². The van der Waals surface area contributed by atoms with Crippen molar-refractivity contribution in [2.45, 2.75) is 12.5 Å². The maximum absolute atomic E-state index is 12.1. The summed E-state index contributed by atoms with van der Waals surface area (Å²) in [7, 11) is -6.90. The van der Waals surface area contributed by atoms with Crippen molar-refractivity contribution >= 4 is 31.4 Å². The zero-order valence-electron chi connectivity index (χ0n) is 14.2. The fraction of sp³-hybridized carbons (Fsp3) is 0.250. The first-order chi connectivity index (χ1) is 12.1. The fourth-order valence-electron chi connectivity index (χ4n) is 2.73. The summed E-state index contributed by atoms with van der Waals surface area (Å²) in [6, 6.07) is 9.74. The number of rotatable bonds is 5. The van der Waals surface area contributed by atoms with Gasteiger partial charge in [-0.2, -0.15) is 9.52 Å². The number of pyridine rings is 1. The average molecular weight is 394 g/mol. The van der Waals surface area contributed by atoms with E-state index in [9.17, 15) is 16.8 Å². The van der Waals surface area contributed by atoms with Crippen molar-refractivity contribution in [3.63, 3.8) is 0 Å². The van der Waals surface area contributed by atoms with Crippen molar-refractivity contribution in [1.29, 1.82) is 0 Å². The molecule has 0 fully saturated rings. The minimum absolute atomic E-state index is 0.400. The van der Waals surface area contributed by atoms with Gasteiger partial charge in [0.25, 0.3) is 0 Å². The molecule has 8 nitrogen and oxygen atoms in total. The molecule has 0 aliphatic carbocycles. The van der Waals surface area contributed by atoms with E-state index in [2.05, 4.69) is 14.8 Å². The van der Waals surface area contributed by atoms with Gasteiger partial charge in [0.05, 0.1) is 24.3 Å². The van der Waals surface area contributed by atoms with Crippen LogP contribution in [-0.2, 0) is 20.0 Å². The first-order valence-electron chi connectivity index (χ1n) is 7.68. The molecule has 1 aromatic heterocycles. The van der Waals surface area contributed by atoms with Crippen LogP contribution in [0.25, 0.3) is 0 Å². The van der Waals surface area contributed by atoms with Crippen molar-refractivity contribution < 1.29 is 16.8 Å². The van der Waals surface area contributed by atoms with Crippen molar-refractivity contribution in [3.05, 3.63) is 59.9 Å². The summed E-state index contributed by atoms with van der Waals surface area (Å²) in [4.78, 5) is 4.05. The molecule has 0 amide bonds. The highest BCUT2D eigenvalue weighted by Crippen LogP contribution is 2.34. The number of hydrazone groups is 1. The van der Waals surface area contributed by atoms with E-state index in [1.54, 1.807) is 42.7 Å². The van der Waals surface area contributed by atoms with E-state index < -0.39 is 26.1 Å². The van der Waals surface area contributed by atoms with Crippen molar-refractivity contribution in [2.24, 2.45) is 5.10 Å². The molecule has 0 radical (unpaired) electrons. The Balaban J connectivity index is 1.91. The number of benzene rings is 1. The Labute approximate surface area is 152 Å². The quantitative estimate of drug-likeness (QED) is 0.828. The second kappa shape index (κ2) is 6.69. The predicted octanol–water partition coefficient (Wildman–Crippen LogP) is 1.56. The molecular formula is C16H18N4O4S2. The van der Waals surface area contributed by atoms with Crippen LogP contribution in [0.15, 0.2) is 53.9 Å². The van der Waals surface area contributed by atoms with Crippen LogP contribution in [-0.4, -0.2) is 44.5 Å². The minimum atomic E-state index is -3.55. The summed E-state index contributed by atoms with van der Waals surface area (Å²) in [5.74, 6) is 0. The molecular weight excluding hydrogens is 376 g/mol. The molecule has 26 heavy (non-hydrogen) atoms. The van der Waals surface area contributed by atoms with Gasteiger partial charge in [0.2, 0.25) is 20.0 Å². The number of anilines is 1. The molecule has 1 aliphatic rings. The SMILES string of the molecule is CS(=O)(=O)Nc1ccc(C2=NN(S(C)(=O)=O)C(c3cccnc3)C2)cc1. The van der Waals surface area contributed by atoms with Crippen molar-refractivity contribution in [2.75, 3.05) is 17.2 Å². The Morgan fingerprint density at radius 3 is 2.31 bits per heavy atom. The summed E-state index contributed by atoms with van der Waals surface area (Å²) in [5.41, 5.74) is 2.52. The van der Waals surface area contributed by atoms with E-state index in [-0.39, 0.29) is 0 Å². The van der Waals surface area contributed by atoms with Gasteiger partial charge in [-0.15, -0.1) is 0 Å². The van der Waals surface area contributed by atoms with E-state index in [0.717, 1.165) is 28.1 Å². The van der Waals surface area contributed by atoms with E-state index >= 15 is 0 Å². The Morgan fingerprint density at radius 2 is 1.77 bits per heavy atom. The van der Waals surface area contributed by atoms with Gasteiger partial charge in [0.15, 0.2) is 0 Å². The fourth-order valence-corrected chi connectivity index (χ4v) is 4.20.